The molecule has 0 amide bonds. The fraction of sp³-hybridized carbons (Fsp3) is 0.364. The van der Waals surface area contributed by atoms with Crippen LogP contribution < -0.4 is 5.32 Å². The molecule has 0 aliphatic carbocycles. The lowest BCUT2D eigenvalue weighted by molar-refractivity contribution is 0.589. The fourth-order valence-corrected chi connectivity index (χ4v) is 2.15. The molecule has 0 fully saturated rings. The standard InChI is InChI=1S/C11H14BrN3/c1-8(13-2)6-11-14-7-9-4-3-5-10(12)15(9)11/h3-5,7-8,13H,6H2,1-2H3. The summed E-state index contributed by atoms with van der Waals surface area (Å²) < 4.78 is 3.18. The van der Waals surface area contributed by atoms with Gasteiger partial charge in [0.1, 0.15) is 5.82 Å². The second-order valence-corrected chi connectivity index (χ2v) is 4.49. The number of pyridine rings is 1. The maximum Gasteiger partial charge on any atom is 0.115 e. The average molecular weight is 268 g/mol. The van der Waals surface area contributed by atoms with Gasteiger partial charge in [-0.15, -0.1) is 0 Å². The third-order valence-electron chi connectivity index (χ3n) is 2.56. The van der Waals surface area contributed by atoms with Crippen molar-refractivity contribution in [3.05, 3.63) is 34.8 Å². The Kier molecular flexibility index (Phi) is 3.07. The quantitative estimate of drug-likeness (QED) is 0.865. The third-order valence-corrected chi connectivity index (χ3v) is 3.18. The summed E-state index contributed by atoms with van der Waals surface area (Å²) in [5, 5.41) is 3.22. The van der Waals surface area contributed by atoms with Crippen LogP contribution in [0.1, 0.15) is 12.7 Å². The zero-order chi connectivity index (χ0) is 10.8. The van der Waals surface area contributed by atoms with Crippen LogP contribution in [-0.4, -0.2) is 22.5 Å². The third kappa shape index (κ3) is 2.06. The van der Waals surface area contributed by atoms with Crippen molar-refractivity contribution < 1.29 is 0 Å². The van der Waals surface area contributed by atoms with Gasteiger partial charge in [0.2, 0.25) is 0 Å². The van der Waals surface area contributed by atoms with E-state index in [0.717, 1.165) is 22.4 Å². The molecule has 15 heavy (non-hydrogen) atoms. The Labute approximate surface area is 97.6 Å². The first-order valence-corrected chi connectivity index (χ1v) is 5.80. The average Bonchev–Trinajstić information content (AvgIpc) is 2.63. The molecule has 2 heterocycles. The largest absolute Gasteiger partial charge is 0.317 e. The van der Waals surface area contributed by atoms with Crippen LogP contribution in [0.15, 0.2) is 29.0 Å². The Hall–Kier alpha value is -0.870. The minimum absolute atomic E-state index is 0.433. The second-order valence-electron chi connectivity index (χ2n) is 3.68. The van der Waals surface area contributed by atoms with Gasteiger partial charge in [-0.3, -0.25) is 4.40 Å². The molecule has 0 aromatic carbocycles. The van der Waals surface area contributed by atoms with E-state index in [2.05, 4.69) is 43.6 Å². The molecule has 0 aliphatic rings. The molecule has 0 bridgehead atoms. The molecule has 0 spiro atoms. The van der Waals surface area contributed by atoms with Gasteiger partial charge < -0.3 is 5.32 Å². The van der Waals surface area contributed by atoms with E-state index in [4.69, 9.17) is 0 Å². The lowest BCUT2D eigenvalue weighted by Crippen LogP contribution is -2.24. The van der Waals surface area contributed by atoms with Crippen LogP contribution in [0.25, 0.3) is 5.52 Å². The number of imidazole rings is 1. The number of halogens is 1. The first-order valence-electron chi connectivity index (χ1n) is 5.00. The first kappa shape index (κ1) is 10.6. The topological polar surface area (TPSA) is 29.3 Å². The molecule has 2 aromatic rings. The van der Waals surface area contributed by atoms with Crippen LogP contribution in [0.2, 0.25) is 0 Å². The molecule has 2 aromatic heterocycles. The number of nitrogens with zero attached hydrogens (tertiary/aromatic N) is 2. The molecule has 0 saturated heterocycles. The molecule has 1 N–H and O–H groups in total. The summed E-state index contributed by atoms with van der Waals surface area (Å²) in [6.07, 6.45) is 2.83. The van der Waals surface area contributed by atoms with Crippen molar-refractivity contribution in [1.82, 2.24) is 14.7 Å². The summed E-state index contributed by atoms with van der Waals surface area (Å²) in [6, 6.07) is 6.54. The van der Waals surface area contributed by atoms with E-state index in [1.165, 1.54) is 0 Å². The van der Waals surface area contributed by atoms with E-state index in [0.29, 0.717) is 6.04 Å². The Morgan fingerprint density at radius 1 is 1.53 bits per heavy atom. The van der Waals surface area contributed by atoms with Gasteiger partial charge in [0.25, 0.3) is 0 Å². The number of aromatic nitrogens is 2. The Bertz CT molecular complexity index is 464. The van der Waals surface area contributed by atoms with Gasteiger partial charge in [-0.1, -0.05) is 6.07 Å². The molecule has 4 heteroatoms. The van der Waals surface area contributed by atoms with E-state index < -0.39 is 0 Å². The summed E-state index contributed by atoms with van der Waals surface area (Å²) in [5.41, 5.74) is 1.13. The van der Waals surface area contributed by atoms with Gasteiger partial charge in [0, 0.05) is 12.5 Å². The lowest BCUT2D eigenvalue weighted by Gasteiger charge is -2.09. The number of rotatable bonds is 3. The van der Waals surface area contributed by atoms with Gasteiger partial charge in [-0.2, -0.15) is 0 Å². The highest BCUT2D eigenvalue weighted by molar-refractivity contribution is 9.10. The van der Waals surface area contributed by atoms with Gasteiger partial charge in [0.15, 0.2) is 0 Å². The molecule has 1 unspecified atom stereocenters. The Balaban J connectivity index is 2.43. The smallest absolute Gasteiger partial charge is 0.115 e. The highest BCUT2D eigenvalue weighted by Crippen LogP contribution is 2.16. The van der Waals surface area contributed by atoms with Gasteiger partial charge in [-0.05, 0) is 42.0 Å². The van der Waals surface area contributed by atoms with Crippen molar-refractivity contribution >= 4 is 21.4 Å². The number of fused-ring (bicyclic) bond motifs is 1. The Morgan fingerprint density at radius 2 is 2.33 bits per heavy atom. The van der Waals surface area contributed by atoms with Crippen molar-refractivity contribution in [3.8, 4) is 0 Å². The van der Waals surface area contributed by atoms with Crippen LogP contribution in [0.3, 0.4) is 0 Å². The maximum absolute atomic E-state index is 4.44. The summed E-state index contributed by atoms with van der Waals surface area (Å²) >= 11 is 3.54. The van der Waals surface area contributed by atoms with Crippen molar-refractivity contribution in [1.29, 1.82) is 0 Å². The van der Waals surface area contributed by atoms with E-state index in [1.807, 2.05) is 25.4 Å². The molecule has 2 rings (SSSR count). The number of hydrogen-bond donors (Lipinski definition) is 1. The molecule has 3 nitrogen and oxygen atoms in total. The summed E-state index contributed by atoms with van der Waals surface area (Å²) in [7, 11) is 1.97. The zero-order valence-electron chi connectivity index (χ0n) is 8.87. The fourth-order valence-electron chi connectivity index (χ4n) is 1.59. The molecule has 0 aliphatic heterocycles. The van der Waals surface area contributed by atoms with Gasteiger partial charge in [-0.25, -0.2) is 4.98 Å². The monoisotopic (exact) mass is 267 g/mol. The van der Waals surface area contributed by atoms with Crippen molar-refractivity contribution in [3.63, 3.8) is 0 Å². The summed E-state index contributed by atoms with van der Waals surface area (Å²) in [4.78, 5) is 4.44. The van der Waals surface area contributed by atoms with E-state index in [-0.39, 0.29) is 0 Å². The van der Waals surface area contributed by atoms with Crippen LogP contribution in [0.4, 0.5) is 0 Å². The lowest BCUT2D eigenvalue weighted by atomic mass is 10.2. The van der Waals surface area contributed by atoms with Gasteiger partial charge in [0.05, 0.1) is 16.3 Å². The SMILES string of the molecule is CNC(C)Cc1ncc2cccc(Br)n12. The molecular formula is C11H14BrN3. The number of likely N-dealkylation sites (N-methyl/N-ethyl adjacent to an activating group) is 1. The summed E-state index contributed by atoms with van der Waals surface area (Å²) in [6.45, 7) is 2.15. The van der Waals surface area contributed by atoms with Crippen molar-refractivity contribution in [2.75, 3.05) is 7.05 Å². The van der Waals surface area contributed by atoms with Crippen molar-refractivity contribution in [2.45, 2.75) is 19.4 Å². The van der Waals surface area contributed by atoms with Crippen LogP contribution in [0, 0.1) is 0 Å². The highest BCUT2D eigenvalue weighted by Gasteiger charge is 2.08. The second kappa shape index (κ2) is 4.33. The van der Waals surface area contributed by atoms with Crippen LogP contribution in [-0.2, 0) is 6.42 Å². The number of nitrogens with one attached hydrogen (secondary N) is 1. The minimum atomic E-state index is 0.433. The first-order chi connectivity index (χ1) is 7.22. The maximum atomic E-state index is 4.44. The van der Waals surface area contributed by atoms with Crippen molar-refractivity contribution in [2.24, 2.45) is 0 Å². The van der Waals surface area contributed by atoms with E-state index in [1.54, 1.807) is 0 Å². The summed E-state index contributed by atoms with van der Waals surface area (Å²) in [5.74, 6) is 1.08. The Morgan fingerprint density at radius 3 is 3.07 bits per heavy atom. The van der Waals surface area contributed by atoms with Crippen LogP contribution in [0.5, 0.6) is 0 Å². The zero-order valence-corrected chi connectivity index (χ0v) is 10.5. The normalized spacial score (nSPS) is 13.3. The van der Waals surface area contributed by atoms with E-state index in [9.17, 15) is 0 Å². The minimum Gasteiger partial charge on any atom is -0.317 e. The van der Waals surface area contributed by atoms with E-state index >= 15 is 0 Å². The molecule has 0 radical (unpaired) electrons. The molecule has 80 valence electrons. The van der Waals surface area contributed by atoms with Gasteiger partial charge >= 0.3 is 0 Å². The predicted molar refractivity (Wildman–Crippen MR) is 65.1 cm³/mol. The predicted octanol–water partition coefficient (Wildman–Crippen LogP) is 2.25. The van der Waals surface area contributed by atoms with Crippen LogP contribution >= 0.6 is 15.9 Å². The molecule has 0 saturated carbocycles. The number of hydrogen-bond acceptors (Lipinski definition) is 2. The molecular weight excluding hydrogens is 254 g/mol. The molecule has 1 atom stereocenters. The highest BCUT2D eigenvalue weighted by atomic mass is 79.9.